The Kier molecular flexibility index (Phi) is 6.48. The molecule has 0 spiro atoms. The number of hydrogen-bond acceptors (Lipinski definition) is 1. The van der Waals surface area contributed by atoms with Crippen molar-refractivity contribution >= 4 is 10.8 Å². The normalized spacial score (nSPS) is 19.0. The molecule has 0 unspecified atom stereocenters. The van der Waals surface area contributed by atoms with E-state index in [0.29, 0.717) is 11.3 Å². The Labute approximate surface area is 179 Å². The van der Waals surface area contributed by atoms with Crippen LogP contribution in [0.4, 0.5) is 4.39 Å². The van der Waals surface area contributed by atoms with Gasteiger partial charge < -0.3 is 0 Å². The molecule has 1 saturated carbocycles. The van der Waals surface area contributed by atoms with E-state index in [1.54, 1.807) is 12.1 Å². The molecule has 0 aliphatic heterocycles. The highest BCUT2D eigenvalue weighted by molar-refractivity contribution is 5.88. The Morgan fingerprint density at radius 3 is 2.33 bits per heavy atom. The number of halogens is 1. The molecule has 154 valence electrons. The molecule has 4 rings (SSSR count). The van der Waals surface area contributed by atoms with E-state index < -0.39 is 5.82 Å². The summed E-state index contributed by atoms with van der Waals surface area (Å²) in [7, 11) is 0. The topological polar surface area (TPSA) is 23.8 Å². The highest BCUT2D eigenvalue weighted by atomic mass is 19.1. The number of rotatable bonds is 6. The minimum absolute atomic E-state index is 0.0969. The van der Waals surface area contributed by atoms with Gasteiger partial charge in [0.2, 0.25) is 0 Å². The molecule has 1 aliphatic carbocycles. The molecule has 0 aromatic heterocycles. The molecule has 30 heavy (non-hydrogen) atoms. The monoisotopic (exact) mass is 399 g/mol. The lowest BCUT2D eigenvalue weighted by Gasteiger charge is -2.29. The Bertz CT molecular complexity index is 1040. The zero-order valence-electron chi connectivity index (χ0n) is 17.8. The van der Waals surface area contributed by atoms with Crippen LogP contribution in [-0.4, -0.2) is 0 Å². The lowest BCUT2D eigenvalue weighted by atomic mass is 9.77. The van der Waals surface area contributed by atoms with Crippen molar-refractivity contribution in [3.8, 4) is 17.2 Å². The van der Waals surface area contributed by atoms with E-state index in [1.807, 2.05) is 24.3 Å². The molecule has 0 atom stereocenters. The van der Waals surface area contributed by atoms with Crippen LogP contribution in [0.5, 0.6) is 0 Å². The van der Waals surface area contributed by atoms with Crippen LogP contribution in [0.3, 0.4) is 0 Å². The van der Waals surface area contributed by atoms with Crippen molar-refractivity contribution in [2.75, 3.05) is 0 Å². The summed E-state index contributed by atoms with van der Waals surface area (Å²) >= 11 is 0. The van der Waals surface area contributed by atoms with Crippen LogP contribution in [0, 0.1) is 23.1 Å². The number of nitrogens with zero attached hydrogens (tertiary/aromatic N) is 1. The van der Waals surface area contributed by atoms with E-state index in [9.17, 15) is 4.39 Å². The van der Waals surface area contributed by atoms with E-state index in [0.717, 1.165) is 22.4 Å². The second-order valence-corrected chi connectivity index (χ2v) is 8.81. The molecule has 0 amide bonds. The Morgan fingerprint density at radius 2 is 1.63 bits per heavy atom. The Balaban J connectivity index is 1.45. The van der Waals surface area contributed by atoms with Gasteiger partial charge in [-0.3, -0.25) is 0 Å². The third-order valence-electron chi connectivity index (χ3n) is 6.85. The van der Waals surface area contributed by atoms with E-state index >= 15 is 0 Å². The molecule has 0 saturated heterocycles. The maximum atomic E-state index is 14.4. The van der Waals surface area contributed by atoms with Gasteiger partial charge in [0.15, 0.2) is 0 Å². The summed E-state index contributed by atoms with van der Waals surface area (Å²) in [6.45, 7) is 2.28. The van der Waals surface area contributed by atoms with Gasteiger partial charge in [-0.2, -0.15) is 5.26 Å². The lowest BCUT2D eigenvalue weighted by Crippen LogP contribution is -2.13. The predicted molar refractivity (Wildman–Crippen MR) is 123 cm³/mol. The maximum absolute atomic E-state index is 14.4. The fourth-order valence-corrected chi connectivity index (χ4v) is 4.97. The molecule has 3 aromatic carbocycles. The van der Waals surface area contributed by atoms with Crippen LogP contribution in [0.1, 0.15) is 75.3 Å². The zero-order chi connectivity index (χ0) is 20.9. The molecule has 2 heteroatoms. The second kappa shape index (κ2) is 9.43. The van der Waals surface area contributed by atoms with Crippen molar-refractivity contribution in [2.24, 2.45) is 5.92 Å². The van der Waals surface area contributed by atoms with Gasteiger partial charge >= 0.3 is 0 Å². The van der Waals surface area contributed by atoms with Crippen LogP contribution in [0.25, 0.3) is 21.9 Å². The number of hydrogen-bond donors (Lipinski definition) is 0. The molecule has 3 aromatic rings. The summed E-state index contributed by atoms with van der Waals surface area (Å²) in [6.07, 6.45) is 10.9. The van der Waals surface area contributed by atoms with E-state index in [2.05, 4.69) is 31.2 Å². The van der Waals surface area contributed by atoms with Crippen molar-refractivity contribution in [1.29, 1.82) is 5.26 Å². The van der Waals surface area contributed by atoms with Gasteiger partial charge in [-0.1, -0.05) is 75.1 Å². The van der Waals surface area contributed by atoms with Crippen LogP contribution < -0.4 is 0 Å². The fraction of sp³-hybridized carbons (Fsp3) is 0.393. The van der Waals surface area contributed by atoms with Crippen molar-refractivity contribution in [3.63, 3.8) is 0 Å². The minimum atomic E-state index is -0.429. The summed E-state index contributed by atoms with van der Waals surface area (Å²) in [6, 6.07) is 20.0. The zero-order valence-corrected chi connectivity index (χ0v) is 17.8. The van der Waals surface area contributed by atoms with Gasteiger partial charge in [-0.05, 0) is 71.7 Å². The molecule has 1 aliphatic rings. The highest BCUT2D eigenvalue weighted by Crippen LogP contribution is 2.38. The third-order valence-corrected chi connectivity index (χ3v) is 6.85. The summed E-state index contributed by atoms with van der Waals surface area (Å²) < 4.78 is 14.4. The van der Waals surface area contributed by atoms with Gasteiger partial charge in [0.05, 0.1) is 5.56 Å². The van der Waals surface area contributed by atoms with Crippen molar-refractivity contribution in [2.45, 2.75) is 64.2 Å². The summed E-state index contributed by atoms with van der Waals surface area (Å²) in [5, 5.41) is 10.3. The van der Waals surface area contributed by atoms with Gasteiger partial charge in [0.1, 0.15) is 11.9 Å². The van der Waals surface area contributed by atoms with E-state index in [-0.39, 0.29) is 5.56 Å². The molecule has 1 fully saturated rings. The average molecular weight is 400 g/mol. The number of nitriles is 1. The van der Waals surface area contributed by atoms with E-state index in [4.69, 9.17) is 5.26 Å². The largest absolute Gasteiger partial charge is 0.205 e. The summed E-state index contributed by atoms with van der Waals surface area (Å²) in [4.78, 5) is 0. The smallest absolute Gasteiger partial charge is 0.148 e. The van der Waals surface area contributed by atoms with Crippen LogP contribution in [-0.2, 0) is 0 Å². The van der Waals surface area contributed by atoms with E-state index in [1.165, 1.54) is 56.9 Å². The first-order chi connectivity index (χ1) is 14.7. The van der Waals surface area contributed by atoms with Gasteiger partial charge in [-0.15, -0.1) is 0 Å². The first-order valence-electron chi connectivity index (χ1n) is 11.4. The fourth-order valence-electron chi connectivity index (χ4n) is 4.97. The lowest BCUT2D eigenvalue weighted by molar-refractivity contribution is 0.303. The van der Waals surface area contributed by atoms with Crippen LogP contribution in [0.15, 0.2) is 54.6 Å². The number of unbranched alkanes of at least 4 members (excludes halogenated alkanes) is 2. The van der Waals surface area contributed by atoms with Crippen molar-refractivity contribution in [1.82, 2.24) is 0 Å². The summed E-state index contributed by atoms with van der Waals surface area (Å²) in [5.74, 6) is 1.20. The first kappa shape index (κ1) is 20.6. The maximum Gasteiger partial charge on any atom is 0.148 e. The standard InChI is InChI=1S/C28H30FN/c1-2-3-4-5-20-6-8-21(9-7-20)22-10-12-23(13-11-22)24-16-17-27-25(18-24)14-15-26(19-30)28(27)29/h10-18,20-21H,2-9H2,1H3. The van der Waals surface area contributed by atoms with Crippen LogP contribution >= 0.6 is 0 Å². The molecular formula is C28H30FN. The molecule has 0 N–H and O–H groups in total. The first-order valence-corrected chi connectivity index (χ1v) is 11.4. The van der Waals surface area contributed by atoms with Gasteiger partial charge in [0.25, 0.3) is 0 Å². The molecule has 1 nitrogen and oxygen atoms in total. The Hall–Kier alpha value is -2.66. The van der Waals surface area contributed by atoms with Crippen molar-refractivity contribution in [3.05, 3.63) is 71.5 Å². The quantitative estimate of drug-likeness (QED) is 0.382. The molecular weight excluding hydrogens is 369 g/mol. The molecule has 0 bridgehead atoms. The number of fused-ring (bicyclic) bond motifs is 1. The highest BCUT2D eigenvalue weighted by Gasteiger charge is 2.22. The van der Waals surface area contributed by atoms with Gasteiger partial charge in [0, 0.05) is 5.39 Å². The second-order valence-electron chi connectivity index (χ2n) is 8.81. The minimum Gasteiger partial charge on any atom is -0.205 e. The molecule has 0 radical (unpaired) electrons. The van der Waals surface area contributed by atoms with Crippen molar-refractivity contribution < 1.29 is 4.39 Å². The van der Waals surface area contributed by atoms with Crippen LogP contribution in [0.2, 0.25) is 0 Å². The third kappa shape index (κ3) is 4.41. The summed E-state index contributed by atoms with van der Waals surface area (Å²) in [5.41, 5.74) is 3.78. The Morgan fingerprint density at radius 1 is 0.900 bits per heavy atom. The molecule has 0 heterocycles. The van der Waals surface area contributed by atoms with Gasteiger partial charge in [-0.25, -0.2) is 4.39 Å². The number of benzene rings is 3. The SMILES string of the molecule is CCCCCC1CCC(c2ccc(-c3ccc4c(F)c(C#N)ccc4c3)cc2)CC1. The average Bonchev–Trinajstić information content (AvgIpc) is 2.80. The predicted octanol–water partition coefficient (Wildman–Crippen LogP) is 8.37.